The molecule has 194 valence electrons. The monoisotopic (exact) mass is 534 g/mol. The van der Waals surface area contributed by atoms with Gasteiger partial charge in [-0.1, -0.05) is 26.0 Å². The van der Waals surface area contributed by atoms with Crippen molar-refractivity contribution in [2.45, 2.75) is 38.0 Å². The molecule has 0 saturated heterocycles. The van der Waals surface area contributed by atoms with E-state index in [0.29, 0.717) is 17.1 Å². The Bertz CT molecular complexity index is 1690. The second-order valence-corrected chi connectivity index (χ2v) is 12.2. The molecule has 1 N–H and O–H groups in total. The van der Waals surface area contributed by atoms with Crippen LogP contribution in [0.1, 0.15) is 49.6 Å². The lowest BCUT2D eigenvalue weighted by Gasteiger charge is -2.37. The number of pyridine rings is 1. The third-order valence-electron chi connectivity index (χ3n) is 7.97. The summed E-state index contributed by atoms with van der Waals surface area (Å²) in [6, 6.07) is 10.5. The largest absolute Gasteiger partial charge is 0.268 e. The van der Waals surface area contributed by atoms with E-state index < -0.39 is 27.1 Å². The van der Waals surface area contributed by atoms with Crippen molar-refractivity contribution in [1.82, 2.24) is 25.1 Å². The standard InChI is InChI=1S/C27H24F2N6O2S/c1-26(2)16-10-11-27(26,25-15(16)12-20(33-34-25)24-17(28)6-4-7-18(24)29)22-14-30-13-21(31-22)19-8-5-9-23(32-19)35-38(3,36)37/h4-9,12-14,16H,10-11H2,1-3H3,(H,32,35)/t16-,27-/m0/s1. The summed E-state index contributed by atoms with van der Waals surface area (Å²) in [5.74, 6) is -1.10. The van der Waals surface area contributed by atoms with Gasteiger partial charge < -0.3 is 0 Å². The first-order valence-corrected chi connectivity index (χ1v) is 14.0. The number of sulfonamides is 1. The Morgan fingerprint density at radius 2 is 1.68 bits per heavy atom. The Balaban J connectivity index is 1.47. The van der Waals surface area contributed by atoms with Crippen LogP contribution in [0.3, 0.4) is 0 Å². The van der Waals surface area contributed by atoms with Crippen LogP contribution >= 0.6 is 0 Å². The quantitative estimate of drug-likeness (QED) is 0.390. The van der Waals surface area contributed by atoms with Gasteiger partial charge in [-0.05, 0) is 60.1 Å². The van der Waals surface area contributed by atoms with E-state index in [-0.39, 0.29) is 28.4 Å². The average Bonchev–Trinajstić information content (AvgIpc) is 3.24. The lowest BCUT2D eigenvalue weighted by Crippen LogP contribution is -2.38. The molecule has 0 aliphatic heterocycles. The lowest BCUT2D eigenvalue weighted by molar-refractivity contribution is 0.242. The van der Waals surface area contributed by atoms with Crippen molar-refractivity contribution in [2.75, 3.05) is 11.0 Å². The zero-order valence-corrected chi connectivity index (χ0v) is 21.7. The zero-order chi connectivity index (χ0) is 26.9. The van der Waals surface area contributed by atoms with E-state index in [1.165, 1.54) is 18.2 Å². The molecule has 11 heteroatoms. The Kier molecular flexibility index (Phi) is 5.36. The van der Waals surface area contributed by atoms with Crippen molar-refractivity contribution in [3.8, 4) is 22.6 Å². The number of nitrogens with zero attached hydrogens (tertiary/aromatic N) is 5. The summed E-state index contributed by atoms with van der Waals surface area (Å²) in [6.07, 6.45) is 5.97. The molecule has 38 heavy (non-hydrogen) atoms. The van der Waals surface area contributed by atoms with Crippen molar-refractivity contribution in [3.05, 3.63) is 83.4 Å². The first-order valence-electron chi connectivity index (χ1n) is 12.1. The van der Waals surface area contributed by atoms with Crippen LogP contribution in [0.15, 0.2) is 54.9 Å². The van der Waals surface area contributed by atoms with Crippen LogP contribution in [-0.2, 0) is 15.4 Å². The summed E-state index contributed by atoms with van der Waals surface area (Å²) in [7, 11) is -3.49. The average molecular weight is 535 g/mol. The highest BCUT2D eigenvalue weighted by molar-refractivity contribution is 7.92. The van der Waals surface area contributed by atoms with E-state index in [1.54, 1.807) is 36.7 Å². The van der Waals surface area contributed by atoms with Gasteiger partial charge in [0.05, 0.1) is 46.2 Å². The summed E-state index contributed by atoms with van der Waals surface area (Å²) in [5.41, 5.74) is 2.35. The van der Waals surface area contributed by atoms with Gasteiger partial charge in [-0.15, -0.1) is 5.10 Å². The minimum Gasteiger partial charge on any atom is -0.268 e. The number of anilines is 1. The third-order valence-corrected chi connectivity index (χ3v) is 8.55. The first kappa shape index (κ1) is 24.5. The number of hydrogen-bond acceptors (Lipinski definition) is 7. The molecule has 6 rings (SSSR count). The number of rotatable bonds is 5. The smallest absolute Gasteiger partial charge is 0.230 e. The number of halogens is 2. The number of hydrogen-bond donors (Lipinski definition) is 1. The molecule has 3 heterocycles. The predicted octanol–water partition coefficient (Wildman–Crippen LogP) is 4.85. The minimum atomic E-state index is -3.49. The van der Waals surface area contributed by atoms with E-state index in [2.05, 4.69) is 38.7 Å². The molecule has 1 saturated carbocycles. The van der Waals surface area contributed by atoms with Crippen molar-refractivity contribution in [1.29, 1.82) is 0 Å². The summed E-state index contributed by atoms with van der Waals surface area (Å²) in [6.45, 7) is 4.30. The molecule has 2 atom stereocenters. The van der Waals surface area contributed by atoms with Gasteiger partial charge in [0, 0.05) is 6.20 Å². The highest BCUT2D eigenvalue weighted by Gasteiger charge is 2.65. The SMILES string of the molecule is CC1(C)[C@H]2CC[C@]1(c1cncc(-c3cccc(NS(C)(=O)=O)n3)n1)c1nnc(-c3c(F)cccc3F)cc12. The van der Waals surface area contributed by atoms with E-state index in [1.807, 2.05) is 0 Å². The molecule has 4 aromatic rings. The Morgan fingerprint density at radius 3 is 2.42 bits per heavy atom. The van der Waals surface area contributed by atoms with Crippen molar-refractivity contribution in [3.63, 3.8) is 0 Å². The van der Waals surface area contributed by atoms with Crippen LogP contribution in [0.5, 0.6) is 0 Å². The van der Waals surface area contributed by atoms with Crippen LogP contribution in [0.4, 0.5) is 14.6 Å². The molecular weight excluding hydrogens is 510 g/mol. The fourth-order valence-electron chi connectivity index (χ4n) is 6.28. The van der Waals surface area contributed by atoms with Gasteiger partial charge in [0.2, 0.25) is 10.0 Å². The molecular formula is C27H24F2N6O2S. The van der Waals surface area contributed by atoms with Gasteiger partial charge in [0.15, 0.2) is 0 Å². The summed E-state index contributed by atoms with van der Waals surface area (Å²) >= 11 is 0. The molecule has 2 bridgehead atoms. The Hall–Kier alpha value is -3.86. The molecule has 0 amide bonds. The molecule has 0 unspecified atom stereocenters. The van der Waals surface area contributed by atoms with Crippen LogP contribution in [0.25, 0.3) is 22.6 Å². The van der Waals surface area contributed by atoms with E-state index in [4.69, 9.17) is 4.98 Å². The van der Waals surface area contributed by atoms with Crippen LogP contribution < -0.4 is 4.72 Å². The van der Waals surface area contributed by atoms with Crippen LogP contribution in [-0.4, -0.2) is 39.8 Å². The van der Waals surface area contributed by atoms with Gasteiger partial charge in [-0.25, -0.2) is 27.2 Å². The zero-order valence-electron chi connectivity index (χ0n) is 20.9. The van der Waals surface area contributed by atoms with E-state index in [9.17, 15) is 17.2 Å². The van der Waals surface area contributed by atoms with Gasteiger partial charge in [-0.2, -0.15) is 5.10 Å². The Morgan fingerprint density at radius 1 is 0.947 bits per heavy atom. The van der Waals surface area contributed by atoms with Gasteiger partial charge >= 0.3 is 0 Å². The fourth-order valence-corrected chi connectivity index (χ4v) is 6.77. The maximum atomic E-state index is 14.5. The molecule has 8 nitrogen and oxygen atoms in total. The summed E-state index contributed by atoms with van der Waals surface area (Å²) in [4.78, 5) is 13.8. The lowest BCUT2D eigenvalue weighted by atomic mass is 9.66. The number of fused-ring (bicyclic) bond motifs is 5. The van der Waals surface area contributed by atoms with Crippen molar-refractivity contribution < 1.29 is 17.2 Å². The fraction of sp³-hybridized carbons (Fsp3) is 0.296. The van der Waals surface area contributed by atoms with Gasteiger partial charge in [0.1, 0.15) is 23.1 Å². The molecule has 1 aromatic carbocycles. The van der Waals surface area contributed by atoms with E-state index >= 15 is 0 Å². The minimum absolute atomic E-state index is 0.0902. The van der Waals surface area contributed by atoms with Crippen molar-refractivity contribution >= 4 is 15.8 Å². The molecule has 0 spiro atoms. The maximum absolute atomic E-state index is 14.5. The normalized spacial score (nSPS) is 21.3. The van der Waals surface area contributed by atoms with Gasteiger partial charge in [-0.3, -0.25) is 9.71 Å². The third kappa shape index (κ3) is 3.59. The predicted molar refractivity (Wildman–Crippen MR) is 138 cm³/mol. The second kappa shape index (κ2) is 8.32. The van der Waals surface area contributed by atoms with Crippen LogP contribution in [0, 0.1) is 17.0 Å². The second-order valence-electron chi connectivity index (χ2n) is 10.4. The summed E-state index contributed by atoms with van der Waals surface area (Å²) in [5, 5.41) is 8.83. The molecule has 2 aliphatic rings. The molecule has 1 fully saturated rings. The highest BCUT2D eigenvalue weighted by Crippen LogP contribution is 2.69. The van der Waals surface area contributed by atoms with Crippen molar-refractivity contribution in [2.24, 2.45) is 5.41 Å². The highest BCUT2D eigenvalue weighted by atomic mass is 32.2. The molecule has 2 aliphatic carbocycles. The Labute approximate surface area is 218 Å². The first-order chi connectivity index (χ1) is 18.0. The van der Waals surface area contributed by atoms with E-state index in [0.717, 1.165) is 30.4 Å². The topological polar surface area (TPSA) is 111 Å². The number of nitrogens with one attached hydrogen (secondary N) is 1. The summed E-state index contributed by atoms with van der Waals surface area (Å²) < 4.78 is 54.8. The maximum Gasteiger partial charge on any atom is 0.230 e. The number of aromatic nitrogens is 5. The van der Waals surface area contributed by atoms with Gasteiger partial charge in [0.25, 0.3) is 0 Å². The molecule has 3 aromatic heterocycles. The van der Waals surface area contributed by atoms with Crippen LogP contribution in [0.2, 0.25) is 0 Å². The number of benzene rings is 1. The molecule has 0 radical (unpaired) electrons.